The van der Waals surface area contributed by atoms with E-state index in [1.165, 1.54) is 34.8 Å². The molecule has 9 heteroatoms. The van der Waals surface area contributed by atoms with E-state index < -0.39 is 5.82 Å². The lowest BCUT2D eigenvalue weighted by Gasteiger charge is -2.06. The van der Waals surface area contributed by atoms with Crippen LogP contribution < -0.4 is 5.32 Å². The molecule has 0 saturated heterocycles. The van der Waals surface area contributed by atoms with Gasteiger partial charge >= 0.3 is 0 Å². The molecule has 3 aromatic rings. The molecule has 130 valence electrons. The Bertz CT molecular complexity index is 925. The molecule has 0 spiro atoms. The molecule has 1 amide bonds. The number of aryl methyl sites for hydroxylation is 1. The van der Waals surface area contributed by atoms with Crippen LogP contribution >= 0.6 is 34.7 Å². The summed E-state index contributed by atoms with van der Waals surface area (Å²) in [7, 11) is 1.86. The van der Waals surface area contributed by atoms with Gasteiger partial charge in [0.15, 0.2) is 11.0 Å². The molecule has 2 aromatic heterocycles. The number of carbonyl (C=O) groups excluding carboxylic acids is 1. The second kappa shape index (κ2) is 7.55. The highest BCUT2D eigenvalue weighted by Crippen LogP contribution is 2.26. The van der Waals surface area contributed by atoms with Gasteiger partial charge in [0.1, 0.15) is 5.82 Å². The monoisotopic (exact) mass is 396 g/mol. The fraction of sp³-hybridized carbons (Fsp3) is 0.188. The molecule has 0 radical (unpaired) electrons. The van der Waals surface area contributed by atoms with Crippen molar-refractivity contribution in [1.29, 1.82) is 0 Å². The molecule has 0 atom stereocenters. The van der Waals surface area contributed by atoms with Gasteiger partial charge in [0, 0.05) is 28.6 Å². The summed E-state index contributed by atoms with van der Waals surface area (Å²) in [4.78, 5) is 13.2. The van der Waals surface area contributed by atoms with Crippen molar-refractivity contribution in [2.75, 3.05) is 11.1 Å². The number of nitrogens with zero attached hydrogens (tertiary/aromatic N) is 3. The molecular formula is C16H14ClFN4OS2. The number of amides is 1. The number of hydrogen-bond acceptors (Lipinski definition) is 5. The first-order valence-electron chi connectivity index (χ1n) is 7.26. The molecule has 0 fully saturated rings. The van der Waals surface area contributed by atoms with E-state index in [1.807, 2.05) is 30.0 Å². The Morgan fingerprint density at radius 2 is 2.20 bits per heavy atom. The smallest absolute Gasteiger partial charge is 0.234 e. The third-order valence-corrected chi connectivity index (χ3v) is 5.53. The van der Waals surface area contributed by atoms with E-state index >= 15 is 0 Å². The van der Waals surface area contributed by atoms with Crippen molar-refractivity contribution in [3.63, 3.8) is 0 Å². The molecule has 0 aliphatic heterocycles. The number of rotatable bonds is 5. The number of carbonyl (C=O) groups is 1. The molecule has 1 N–H and O–H groups in total. The summed E-state index contributed by atoms with van der Waals surface area (Å²) in [5.41, 5.74) is 1.46. The summed E-state index contributed by atoms with van der Waals surface area (Å²) in [6.07, 6.45) is 0. The molecule has 0 bridgehead atoms. The lowest BCUT2D eigenvalue weighted by Crippen LogP contribution is -2.14. The van der Waals surface area contributed by atoms with E-state index in [0.717, 1.165) is 11.4 Å². The molecule has 1 aromatic carbocycles. The number of thioether (sulfide) groups is 1. The first-order chi connectivity index (χ1) is 11.9. The largest absolute Gasteiger partial charge is 0.325 e. The lowest BCUT2D eigenvalue weighted by molar-refractivity contribution is -0.113. The predicted octanol–water partition coefficient (Wildman–Crippen LogP) is 4.38. The van der Waals surface area contributed by atoms with E-state index in [2.05, 4.69) is 15.5 Å². The van der Waals surface area contributed by atoms with E-state index in [1.54, 1.807) is 11.3 Å². The minimum Gasteiger partial charge on any atom is -0.325 e. The number of anilines is 1. The fourth-order valence-electron chi connectivity index (χ4n) is 2.15. The van der Waals surface area contributed by atoms with Gasteiger partial charge in [0.2, 0.25) is 5.91 Å². The van der Waals surface area contributed by atoms with Gasteiger partial charge in [-0.25, -0.2) is 4.39 Å². The van der Waals surface area contributed by atoms with Gasteiger partial charge in [-0.05, 0) is 31.2 Å². The van der Waals surface area contributed by atoms with Gasteiger partial charge in [0.25, 0.3) is 0 Å². The van der Waals surface area contributed by atoms with Crippen molar-refractivity contribution >= 4 is 46.3 Å². The van der Waals surface area contributed by atoms with Crippen LogP contribution in [0.25, 0.3) is 11.4 Å². The normalized spacial score (nSPS) is 10.9. The summed E-state index contributed by atoms with van der Waals surface area (Å²) in [5.74, 6) is 0.161. The Labute approximate surface area is 157 Å². The van der Waals surface area contributed by atoms with Crippen molar-refractivity contribution < 1.29 is 9.18 Å². The van der Waals surface area contributed by atoms with Crippen molar-refractivity contribution in [3.05, 3.63) is 45.4 Å². The number of benzene rings is 1. The van der Waals surface area contributed by atoms with Crippen LogP contribution in [0.4, 0.5) is 10.1 Å². The number of thiophene rings is 1. The van der Waals surface area contributed by atoms with Crippen LogP contribution in [-0.4, -0.2) is 26.4 Å². The standard InChI is InChI=1S/C16H14ClFN4OS2/c1-9-5-10(7-24-9)15-20-21-16(22(15)2)25-8-14(23)19-11-3-4-13(18)12(17)6-11/h3-7H,8H2,1-2H3,(H,19,23). The van der Waals surface area contributed by atoms with E-state index in [-0.39, 0.29) is 16.7 Å². The highest BCUT2D eigenvalue weighted by atomic mass is 35.5. The highest BCUT2D eigenvalue weighted by molar-refractivity contribution is 7.99. The van der Waals surface area contributed by atoms with Gasteiger partial charge in [-0.2, -0.15) is 0 Å². The summed E-state index contributed by atoms with van der Waals surface area (Å²) in [6, 6.07) is 6.10. The summed E-state index contributed by atoms with van der Waals surface area (Å²) < 4.78 is 15.0. The Morgan fingerprint density at radius 1 is 1.40 bits per heavy atom. The van der Waals surface area contributed by atoms with Crippen molar-refractivity contribution in [2.24, 2.45) is 7.05 Å². The second-order valence-corrected chi connectivity index (χ2v) is 7.74. The fourth-order valence-corrected chi connectivity index (χ4v) is 3.73. The summed E-state index contributed by atoms with van der Waals surface area (Å²) in [5, 5.41) is 13.6. The Morgan fingerprint density at radius 3 is 2.88 bits per heavy atom. The Hall–Kier alpha value is -1.90. The molecule has 2 heterocycles. The molecule has 5 nitrogen and oxygen atoms in total. The maximum absolute atomic E-state index is 13.1. The average Bonchev–Trinajstić information content (AvgIpc) is 3.15. The van der Waals surface area contributed by atoms with Crippen molar-refractivity contribution in [2.45, 2.75) is 12.1 Å². The number of halogens is 2. The molecule has 0 saturated carbocycles. The third kappa shape index (κ3) is 4.20. The molecule has 0 aliphatic rings. The average molecular weight is 397 g/mol. The SMILES string of the molecule is Cc1cc(-c2nnc(SCC(=O)Nc3ccc(F)c(Cl)c3)n2C)cs1. The van der Waals surface area contributed by atoms with Crippen LogP contribution in [0.3, 0.4) is 0 Å². The molecule has 3 rings (SSSR count). The first-order valence-corrected chi connectivity index (χ1v) is 9.51. The van der Waals surface area contributed by atoms with E-state index in [0.29, 0.717) is 10.8 Å². The van der Waals surface area contributed by atoms with E-state index in [9.17, 15) is 9.18 Å². The zero-order valence-corrected chi connectivity index (χ0v) is 15.8. The molecule has 25 heavy (non-hydrogen) atoms. The maximum Gasteiger partial charge on any atom is 0.234 e. The minimum absolute atomic E-state index is 0.0329. The molecular weight excluding hydrogens is 383 g/mol. The number of hydrogen-bond donors (Lipinski definition) is 1. The predicted molar refractivity (Wildman–Crippen MR) is 99.8 cm³/mol. The second-order valence-electron chi connectivity index (χ2n) is 5.28. The number of nitrogens with one attached hydrogen (secondary N) is 1. The summed E-state index contributed by atoms with van der Waals surface area (Å²) >= 11 is 8.63. The van der Waals surface area contributed by atoms with E-state index in [4.69, 9.17) is 11.6 Å². The van der Waals surface area contributed by atoms with Crippen LogP contribution in [-0.2, 0) is 11.8 Å². The van der Waals surface area contributed by atoms with Crippen LogP contribution in [0.5, 0.6) is 0 Å². The van der Waals surface area contributed by atoms with Gasteiger partial charge in [0.05, 0.1) is 10.8 Å². The zero-order valence-electron chi connectivity index (χ0n) is 13.4. The Balaban J connectivity index is 1.62. The Kier molecular flexibility index (Phi) is 5.41. The first kappa shape index (κ1) is 17.9. The van der Waals surface area contributed by atoms with Crippen LogP contribution in [0.15, 0.2) is 34.8 Å². The van der Waals surface area contributed by atoms with Gasteiger partial charge in [-0.1, -0.05) is 23.4 Å². The lowest BCUT2D eigenvalue weighted by atomic mass is 10.3. The quantitative estimate of drug-likeness (QED) is 0.650. The van der Waals surface area contributed by atoms with Gasteiger partial charge < -0.3 is 9.88 Å². The topological polar surface area (TPSA) is 59.8 Å². The summed E-state index contributed by atoms with van der Waals surface area (Å²) in [6.45, 7) is 2.03. The highest BCUT2D eigenvalue weighted by Gasteiger charge is 2.14. The maximum atomic E-state index is 13.1. The van der Waals surface area contributed by atoms with Crippen LogP contribution in [0.2, 0.25) is 5.02 Å². The van der Waals surface area contributed by atoms with Crippen LogP contribution in [0, 0.1) is 12.7 Å². The minimum atomic E-state index is -0.524. The van der Waals surface area contributed by atoms with Crippen LogP contribution in [0.1, 0.15) is 4.88 Å². The molecule has 0 unspecified atom stereocenters. The molecule has 0 aliphatic carbocycles. The zero-order chi connectivity index (χ0) is 18.0. The number of aromatic nitrogens is 3. The van der Waals surface area contributed by atoms with Crippen molar-refractivity contribution in [3.8, 4) is 11.4 Å². The third-order valence-electron chi connectivity index (χ3n) is 3.36. The van der Waals surface area contributed by atoms with Gasteiger partial charge in [-0.3, -0.25) is 4.79 Å². The van der Waals surface area contributed by atoms with Gasteiger partial charge in [-0.15, -0.1) is 21.5 Å². The van der Waals surface area contributed by atoms with Crippen molar-refractivity contribution in [1.82, 2.24) is 14.8 Å².